The van der Waals surface area contributed by atoms with E-state index in [0.717, 1.165) is 19.2 Å². The second kappa shape index (κ2) is 8.49. The average Bonchev–Trinajstić information content (AvgIpc) is 2.71. The standard InChI is InChI=1S/C20H16ClF3N4O3S/c1-11(29)28(25)18-10-16(26-19(27-18)20(22,23)24)13-5-8-17(32(2,30)31)15(9-13)12-3-6-14(21)7-4-12/h3-10H,25H2,1-2H3. The van der Waals surface area contributed by atoms with Crippen molar-refractivity contribution in [1.29, 1.82) is 0 Å². The summed E-state index contributed by atoms with van der Waals surface area (Å²) in [6.45, 7) is 1.06. The van der Waals surface area contributed by atoms with Gasteiger partial charge >= 0.3 is 6.18 Å². The van der Waals surface area contributed by atoms with Gasteiger partial charge in [-0.05, 0) is 29.8 Å². The summed E-state index contributed by atoms with van der Waals surface area (Å²) in [5.74, 6) is 2.85. The van der Waals surface area contributed by atoms with E-state index in [1.807, 2.05) is 0 Å². The number of nitrogens with two attached hydrogens (primary N) is 1. The molecule has 0 aliphatic rings. The largest absolute Gasteiger partial charge is 0.451 e. The van der Waals surface area contributed by atoms with Crippen LogP contribution >= 0.6 is 11.6 Å². The Hall–Kier alpha value is -3.02. The molecule has 168 valence electrons. The Kier molecular flexibility index (Phi) is 6.27. The molecule has 2 N–H and O–H groups in total. The number of carbonyl (C=O) groups excluding carboxylic acids is 1. The molecule has 0 aliphatic heterocycles. The van der Waals surface area contributed by atoms with Crippen molar-refractivity contribution >= 4 is 33.2 Å². The number of rotatable bonds is 4. The predicted molar refractivity (Wildman–Crippen MR) is 113 cm³/mol. The third kappa shape index (κ3) is 5.06. The van der Waals surface area contributed by atoms with E-state index in [0.29, 0.717) is 15.6 Å². The molecule has 0 fully saturated rings. The first kappa shape index (κ1) is 23.6. The highest BCUT2D eigenvalue weighted by Gasteiger charge is 2.36. The van der Waals surface area contributed by atoms with E-state index in [-0.39, 0.29) is 21.7 Å². The molecule has 7 nitrogen and oxygen atoms in total. The van der Waals surface area contributed by atoms with E-state index < -0.39 is 33.6 Å². The molecule has 0 radical (unpaired) electrons. The van der Waals surface area contributed by atoms with Crippen LogP contribution in [0.4, 0.5) is 19.0 Å². The van der Waals surface area contributed by atoms with Crippen LogP contribution in [0, 0.1) is 0 Å². The second-order valence-corrected chi connectivity index (χ2v) is 9.23. The summed E-state index contributed by atoms with van der Waals surface area (Å²) in [6, 6.07) is 11.4. The van der Waals surface area contributed by atoms with Gasteiger partial charge in [-0.1, -0.05) is 29.8 Å². The van der Waals surface area contributed by atoms with Crippen molar-refractivity contribution in [1.82, 2.24) is 9.97 Å². The van der Waals surface area contributed by atoms with Crippen LogP contribution in [0.1, 0.15) is 12.7 Å². The number of sulfone groups is 1. The first-order valence-corrected chi connectivity index (χ1v) is 11.2. The molecule has 1 aromatic heterocycles. The van der Waals surface area contributed by atoms with E-state index in [1.165, 1.54) is 18.2 Å². The number of halogens is 4. The highest BCUT2D eigenvalue weighted by Crippen LogP contribution is 2.35. The highest BCUT2D eigenvalue weighted by molar-refractivity contribution is 7.90. The Bertz CT molecular complexity index is 1300. The molecule has 32 heavy (non-hydrogen) atoms. The van der Waals surface area contributed by atoms with Crippen LogP contribution in [-0.2, 0) is 20.8 Å². The number of alkyl halides is 3. The molecule has 3 aromatic rings. The SMILES string of the molecule is CC(=O)N(N)c1cc(-c2ccc(S(C)(=O)=O)c(-c3ccc(Cl)cc3)c2)nc(C(F)(F)F)n1. The smallest absolute Gasteiger partial charge is 0.273 e. The van der Waals surface area contributed by atoms with Crippen LogP contribution in [0.25, 0.3) is 22.4 Å². The molecule has 0 spiro atoms. The van der Waals surface area contributed by atoms with E-state index >= 15 is 0 Å². The topological polar surface area (TPSA) is 106 Å². The van der Waals surface area contributed by atoms with Crippen molar-refractivity contribution in [3.63, 3.8) is 0 Å². The van der Waals surface area contributed by atoms with Crippen molar-refractivity contribution in [2.45, 2.75) is 18.0 Å². The minimum absolute atomic E-state index is 0.0296. The lowest BCUT2D eigenvalue weighted by Crippen LogP contribution is -2.36. The third-order valence-corrected chi connectivity index (χ3v) is 5.79. The van der Waals surface area contributed by atoms with E-state index in [2.05, 4.69) is 9.97 Å². The molecule has 1 heterocycles. The normalized spacial score (nSPS) is 12.0. The van der Waals surface area contributed by atoms with Crippen LogP contribution < -0.4 is 10.9 Å². The number of anilines is 1. The molecule has 0 aliphatic carbocycles. The zero-order valence-corrected chi connectivity index (χ0v) is 18.3. The van der Waals surface area contributed by atoms with Crippen LogP contribution in [0.3, 0.4) is 0 Å². The summed E-state index contributed by atoms with van der Waals surface area (Å²) in [4.78, 5) is 18.4. The molecule has 0 unspecified atom stereocenters. The molecule has 1 amide bonds. The monoisotopic (exact) mass is 484 g/mol. The maximum Gasteiger partial charge on any atom is 0.451 e. The highest BCUT2D eigenvalue weighted by atomic mass is 35.5. The summed E-state index contributed by atoms with van der Waals surface area (Å²) in [5, 5.41) is 0.888. The lowest BCUT2D eigenvalue weighted by atomic mass is 10.0. The third-order valence-electron chi connectivity index (χ3n) is 4.38. The van der Waals surface area contributed by atoms with Crippen LogP contribution in [-0.4, -0.2) is 30.5 Å². The van der Waals surface area contributed by atoms with Crippen LogP contribution in [0.15, 0.2) is 53.4 Å². The van der Waals surface area contributed by atoms with E-state index in [9.17, 15) is 26.4 Å². The van der Waals surface area contributed by atoms with Gasteiger partial charge in [-0.25, -0.2) is 29.2 Å². The summed E-state index contributed by atoms with van der Waals surface area (Å²) < 4.78 is 64.7. The zero-order chi connectivity index (χ0) is 23.8. The number of amides is 1. The molecule has 12 heteroatoms. The number of aromatic nitrogens is 2. The molecular formula is C20H16ClF3N4O3S. The molecule has 2 aromatic carbocycles. The Balaban J connectivity index is 2.28. The minimum Gasteiger partial charge on any atom is -0.273 e. The van der Waals surface area contributed by atoms with Gasteiger partial charge in [-0.2, -0.15) is 13.2 Å². The lowest BCUT2D eigenvalue weighted by molar-refractivity contribution is -0.144. The van der Waals surface area contributed by atoms with Gasteiger partial charge < -0.3 is 0 Å². The Morgan fingerprint density at radius 3 is 2.16 bits per heavy atom. The Morgan fingerprint density at radius 2 is 1.62 bits per heavy atom. The van der Waals surface area contributed by atoms with Gasteiger partial charge in [0, 0.05) is 35.4 Å². The summed E-state index contributed by atoms with van der Waals surface area (Å²) in [7, 11) is -3.67. The molecule has 0 bridgehead atoms. The fraction of sp³-hybridized carbons (Fsp3) is 0.150. The number of carbonyl (C=O) groups is 1. The van der Waals surface area contributed by atoms with Crippen molar-refractivity contribution < 1.29 is 26.4 Å². The first-order chi connectivity index (χ1) is 14.8. The molecule has 0 saturated heterocycles. The predicted octanol–water partition coefficient (Wildman–Crippen LogP) is 4.11. The van der Waals surface area contributed by atoms with Gasteiger partial charge in [0.25, 0.3) is 0 Å². The first-order valence-electron chi connectivity index (χ1n) is 8.89. The fourth-order valence-electron chi connectivity index (χ4n) is 2.86. The molecular weight excluding hydrogens is 469 g/mol. The fourth-order valence-corrected chi connectivity index (χ4v) is 3.88. The van der Waals surface area contributed by atoms with Gasteiger partial charge in [0.05, 0.1) is 10.6 Å². The Labute approximate surface area is 186 Å². The van der Waals surface area contributed by atoms with Gasteiger partial charge in [0.2, 0.25) is 11.7 Å². The number of hydrogen-bond acceptors (Lipinski definition) is 6. The van der Waals surface area contributed by atoms with Gasteiger partial charge in [-0.3, -0.25) is 4.79 Å². The average molecular weight is 485 g/mol. The molecule has 0 saturated carbocycles. The van der Waals surface area contributed by atoms with Crippen molar-refractivity contribution in [2.75, 3.05) is 11.3 Å². The Morgan fingerprint density at radius 1 is 1.03 bits per heavy atom. The van der Waals surface area contributed by atoms with Crippen molar-refractivity contribution in [2.24, 2.45) is 5.84 Å². The van der Waals surface area contributed by atoms with Crippen molar-refractivity contribution in [3.05, 3.63) is 59.4 Å². The minimum atomic E-state index is -4.91. The maximum atomic E-state index is 13.4. The van der Waals surface area contributed by atoms with Crippen molar-refractivity contribution in [3.8, 4) is 22.4 Å². The summed E-state index contributed by atoms with van der Waals surface area (Å²) in [6.07, 6.45) is -3.89. The number of hydrazine groups is 1. The van der Waals surface area contributed by atoms with E-state index in [4.69, 9.17) is 17.4 Å². The number of nitrogens with zero attached hydrogens (tertiary/aromatic N) is 3. The lowest BCUT2D eigenvalue weighted by Gasteiger charge is -2.17. The maximum absolute atomic E-state index is 13.4. The van der Waals surface area contributed by atoms with E-state index in [1.54, 1.807) is 24.3 Å². The number of hydrogen-bond donors (Lipinski definition) is 1. The number of benzene rings is 2. The second-order valence-electron chi connectivity index (χ2n) is 6.81. The molecule has 3 rings (SSSR count). The summed E-state index contributed by atoms with van der Waals surface area (Å²) in [5.41, 5.74) is 0.681. The van der Waals surface area contributed by atoms with Gasteiger partial charge in [-0.15, -0.1) is 0 Å². The van der Waals surface area contributed by atoms with Crippen LogP contribution in [0.5, 0.6) is 0 Å². The molecule has 0 atom stereocenters. The quantitative estimate of drug-likeness (QED) is 0.339. The zero-order valence-electron chi connectivity index (χ0n) is 16.7. The van der Waals surface area contributed by atoms with Crippen LogP contribution in [0.2, 0.25) is 5.02 Å². The van der Waals surface area contributed by atoms with Gasteiger partial charge in [0.15, 0.2) is 15.7 Å². The van der Waals surface area contributed by atoms with Gasteiger partial charge in [0.1, 0.15) is 0 Å². The summed E-state index contributed by atoms with van der Waals surface area (Å²) >= 11 is 5.90.